The number of carbonyl (C=O) groups excluding carboxylic acids is 2. The highest BCUT2D eigenvalue weighted by Gasteiger charge is 2.24. The number of unbranched alkanes of at least 4 members (excludes halogenated alkanes) is 25. The van der Waals surface area contributed by atoms with Gasteiger partial charge in [-0.15, -0.1) is 0 Å². The molecule has 0 rings (SSSR count). The zero-order valence-electron chi connectivity index (χ0n) is 34.0. The van der Waals surface area contributed by atoms with Gasteiger partial charge in [0.25, 0.3) is 0 Å². The maximum Gasteiger partial charge on any atom is 0.472 e. The standard InChI is InChI=1S/C43H81O8P/c1-4-6-8-10-12-14-16-18-19-20-21-22-23-24-26-27-29-31-33-35-37-42(44)49-39-41(40-50-52(46,47)48-3)51-43(45)38-36-34-32-30-28-25-17-15-13-11-9-7-5-2/h9,11,15,17,41H,4-8,10,12-14,16,18-40H2,1-3H3,(H,46,47)/b11-9-,17-15-. The molecule has 8 nitrogen and oxygen atoms in total. The fourth-order valence-electron chi connectivity index (χ4n) is 6.11. The second kappa shape index (κ2) is 39.2. The van der Waals surface area contributed by atoms with Crippen LogP contribution in [0, 0.1) is 0 Å². The number of ether oxygens (including phenoxy) is 2. The minimum atomic E-state index is -4.26. The van der Waals surface area contributed by atoms with Crippen LogP contribution in [0.4, 0.5) is 0 Å². The van der Waals surface area contributed by atoms with Gasteiger partial charge in [0.1, 0.15) is 6.61 Å². The number of hydrogen-bond donors (Lipinski definition) is 1. The fourth-order valence-corrected chi connectivity index (χ4v) is 6.57. The third-order valence-electron chi connectivity index (χ3n) is 9.43. The topological polar surface area (TPSA) is 108 Å². The molecule has 306 valence electrons. The van der Waals surface area contributed by atoms with Crippen molar-refractivity contribution in [2.45, 2.75) is 219 Å². The predicted octanol–water partition coefficient (Wildman–Crippen LogP) is 13.5. The molecule has 52 heavy (non-hydrogen) atoms. The van der Waals surface area contributed by atoms with Crippen molar-refractivity contribution in [3.8, 4) is 0 Å². The highest BCUT2D eigenvalue weighted by atomic mass is 31.2. The van der Waals surface area contributed by atoms with Gasteiger partial charge in [-0.2, -0.15) is 0 Å². The minimum absolute atomic E-state index is 0.227. The Kier molecular flexibility index (Phi) is 38.1. The molecule has 0 fully saturated rings. The van der Waals surface area contributed by atoms with E-state index in [1.165, 1.54) is 116 Å². The summed E-state index contributed by atoms with van der Waals surface area (Å²) in [6.45, 7) is 3.83. The Labute approximate surface area is 320 Å². The number of hydrogen-bond acceptors (Lipinski definition) is 7. The van der Waals surface area contributed by atoms with Gasteiger partial charge in [0.05, 0.1) is 6.61 Å². The molecule has 0 heterocycles. The molecule has 0 aromatic heterocycles. The van der Waals surface area contributed by atoms with E-state index >= 15 is 0 Å². The van der Waals surface area contributed by atoms with E-state index in [0.717, 1.165) is 71.3 Å². The van der Waals surface area contributed by atoms with Crippen LogP contribution in [0.3, 0.4) is 0 Å². The van der Waals surface area contributed by atoms with Crippen LogP contribution < -0.4 is 0 Å². The van der Waals surface area contributed by atoms with E-state index < -0.39 is 26.5 Å². The van der Waals surface area contributed by atoms with Crippen molar-refractivity contribution in [3.63, 3.8) is 0 Å². The molecule has 0 saturated heterocycles. The van der Waals surface area contributed by atoms with Crippen molar-refractivity contribution in [1.29, 1.82) is 0 Å². The largest absolute Gasteiger partial charge is 0.472 e. The summed E-state index contributed by atoms with van der Waals surface area (Å²) in [5.41, 5.74) is 0. The second-order valence-corrected chi connectivity index (χ2v) is 16.0. The van der Waals surface area contributed by atoms with Gasteiger partial charge in [0.15, 0.2) is 6.10 Å². The number of phosphoric ester groups is 1. The highest BCUT2D eigenvalue weighted by molar-refractivity contribution is 7.47. The van der Waals surface area contributed by atoms with Crippen LogP contribution in [0.2, 0.25) is 0 Å². The molecule has 2 atom stereocenters. The van der Waals surface area contributed by atoms with Gasteiger partial charge in [-0.25, -0.2) is 4.57 Å². The van der Waals surface area contributed by atoms with E-state index in [1.807, 2.05) is 0 Å². The lowest BCUT2D eigenvalue weighted by Crippen LogP contribution is -2.29. The Balaban J connectivity index is 3.93. The molecule has 0 radical (unpaired) electrons. The van der Waals surface area contributed by atoms with Crippen molar-refractivity contribution < 1.29 is 37.6 Å². The number of phosphoric acid groups is 1. The molecule has 0 spiro atoms. The Morgan fingerprint density at radius 1 is 0.538 bits per heavy atom. The van der Waals surface area contributed by atoms with Crippen LogP contribution in [0.5, 0.6) is 0 Å². The number of rotatable bonds is 40. The van der Waals surface area contributed by atoms with Gasteiger partial charge in [0.2, 0.25) is 0 Å². The molecular weight excluding hydrogens is 675 g/mol. The van der Waals surface area contributed by atoms with Crippen molar-refractivity contribution in [2.24, 2.45) is 0 Å². The summed E-state index contributed by atoms with van der Waals surface area (Å²) in [5.74, 6) is -0.812. The predicted molar refractivity (Wildman–Crippen MR) is 216 cm³/mol. The zero-order chi connectivity index (χ0) is 38.2. The lowest BCUT2D eigenvalue weighted by atomic mass is 10.0. The molecule has 0 aliphatic rings. The maximum absolute atomic E-state index is 12.5. The summed E-state index contributed by atoms with van der Waals surface area (Å²) in [4.78, 5) is 34.4. The molecule has 0 saturated carbocycles. The van der Waals surface area contributed by atoms with E-state index in [0.29, 0.717) is 12.8 Å². The van der Waals surface area contributed by atoms with Gasteiger partial charge < -0.3 is 14.4 Å². The first-order valence-electron chi connectivity index (χ1n) is 21.5. The van der Waals surface area contributed by atoms with Crippen LogP contribution in [0.25, 0.3) is 0 Å². The van der Waals surface area contributed by atoms with E-state index in [4.69, 9.17) is 14.0 Å². The van der Waals surface area contributed by atoms with Crippen LogP contribution in [-0.2, 0) is 32.7 Å². The Morgan fingerprint density at radius 3 is 1.42 bits per heavy atom. The molecule has 0 aromatic carbocycles. The Bertz CT molecular complexity index is 906. The van der Waals surface area contributed by atoms with Crippen LogP contribution in [0.1, 0.15) is 213 Å². The quantitative estimate of drug-likeness (QED) is 0.0285. The summed E-state index contributed by atoms with van der Waals surface area (Å²) >= 11 is 0. The smallest absolute Gasteiger partial charge is 0.462 e. The number of esters is 2. The van der Waals surface area contributed by atoms with E-state index in [2.05, 4.69) is 42.7 Å². The van der Waals surface area contributed by atoms with Crippen molar-refractivity contribution in [3.05, 3.63) is 24.3 Å². The minimum Gasteiger partial charge on any atom is -0.462 e. The van der Waals surface area contributed by atoms with Gasteiger partial charge in [-0.05, 0) is 38.5 Å². The summed E-state index contributed by atoms with van der Waals surface area (Å²) in [6.07, 6.45) is 43.8. The summed E-state index contributed by atoms with van der Waals surface area (Å²) in [6, 6.07) is 0. The second-order valence-electron chi connectivity index (χ2n) is 14.5. The molecular formula is C43H81O8P. The average Bonchev–Trinajstić information content (AvgIpc) is 3.13. The van der Waals surface area contributed by atoms with Gasteiger partial charge >= 0.3 is 19.8 Å². The first-order valence-corrected chi connectivity index (χ1v) is 23.0. The molecule has 0 bridgehead atoms. The SMILES string of the molecule is CCC/C=C\C/C=C\CCCCCCCC(=O)OC(COC(=O)CCCCCCCCCCCCCCCCCCCCCC)COP(=O)(O)OC. The third-order valence-corrected chi connectivity index (χ3v) is 10.4. The average molecular weight is 757 g/mol. The van der Waals surface area contributed by atoms with Crippen LogP contribution in [-0.4, -0.2) is 43.3 Å². The molecule has 9 heteroatoms. The van der Waals surface area contributed by atoms with E-state index in [-0.39, 0.29) is 19.0 Å². The molecule has 0 aromatic rings. The van der Waals surface area contributed by atoms with Crippen LogP contribution in [0.15, 0.2) is 24.3 Å². The lowest BCUT2D eigenvalue weighted by molar-refractivity contribution is -0.161. The number of allylic oxidation sites excluding steroid dienone is 4. The zero-order valence-corrected chi connectivity index (χ0v) is 34.9. The summed E-state index contributed by atoms with van der Waals surface area (Å²) < 4.78 is 31.9. The van der Waals surface area contributed by atoms with Crippen molar-refractivity contribution in [2.75, 3.05) is 20.3 Å². The first kappa shape index (κ1) is 50.5. The molecule has 0 aliphatic carbocycles. The number of carbonyl (C=O) groups is 2. The van der Waals surface area contributed by atoms with Crippen molar-refractivity contribution in [1.82, 2.24) is 0 Å². The fraction of sp³-hybridized carbons (Fsp3) is 0.860. The molecule has 0 aliphatic heterocycles. The molecule has 1 N–H and O–H groups in total. The first-order chi connectivity index (χ1) is 25.3. The van der Waals surface area contributed by atoms with Gasteiger partial charge in [-0.3, -0.25) is 18.6 Å². The van der Waals surface area contributed by atoms with E-state index in [9.17, 15) is 19.0 Å². The Hall–Kier alpha value is -1.47. The molecule has 2 unspecified atom stereocenters. The summed E-state index contributed by atoms with van der Waals surface area (Å²) in [7, 11) is -3.20. The lowest BCUT2D eigenvalue weighted by Gasteiger charge is -2.19. The van der Waals surface area contributed by atoms with E-state index in [1.54, 1.807) is 0 Å². The van der Waals surface area contributed by atoms with Crippen LogP contribution >= 0.6 is 7.82 Å². The maximum atomic E-state index is 12.5. The van der Waals surface area contributed by atoms with Gasteiger partial charge in [0, 0.05) is 20.0 Å². The van der Waals surface area contributed by atoms with Gasteiger partial charge in [-0.1, -0.05) is 186 Å². The van der Waals surface area contributed by atoms with Crippen molar-refractivity contribution >= 4 is 19.8 Å². The normalized spacial score (nSPS) is 13.5. The summed E-state index contributed by atoms with van der Waals surface area (Å²) in [5, 5.41) is 0. The highest BCUT2D eigenvalue weighted by Crippen LogP contribution is 2.42. The third kappa shape index (κ3) is 38.3. The monoisotopic (exact) mass is 757 g/mol. The Morgan fingerprint density at radius 2 is 0.962 bits per heavy atom. The molecule has 0 amide bonds.